The number of nitrogens with two attached hydrogens (primary N) is 1. The lowest BCUT2D eigenvalue weighted by atomic mass is 10.1. The molecule has 0 saturated carbocycles. The highest BCUT2D eigenvalue weighted by molar-refractivity contribution is 8.76. The third-order valence-corrected chi connectivity index (χ3v) is 4.78. The Morgan fingerprint density at radius 1 is 1.32 bits per heavy atom. The zero-order valence-electron chi connectivity index (χ0n) is 11.5. The number of amides is 2. The first-order chi connectivity index (χ1) is 8.93. The number of aliphatic hydroxyl groups excluding tert-OH is 1. The van der Waals surface area contributed by atoms with Gasteiger partial charge in [-0.25, -0.2) is 0 Å². The SMILES string of the molecule is CCN[C@@H](CSSCC)C(=O)N[C@H](C(N)=O)[C@@H](C)O. The Morgan fingerprint density at radius 3 is 2.37 bits per heavy atom. The summed E-state index contributed by atoms with van der Waals surface area (Å²) in [6, 6.07) is -1.47. The van der Waals surface area contributed by atoms with Gasteiger partial charge in [0.15, 0.2) is 0 Å². The van der Waals surface area contributed by atoms with Crippen LogP contribution >= 0.6 is 21.6 Å². The maximum absolute atomic E-state index is 12.0. The first kappa shape index (κ1) is 18.6. The van der Waals surface area contributed by atoms with Crippen LogP contribution in [0.1, 0.15) is 20.8 Å². The third kappa shape index (κ3) is 7.66. The van der Waals surface area contributed by atoms with Crippen molar-refractivity contribution in [1.29, 1.82) is 0 Å². The monoisotopic (exact) mass is 309 g/mol. The van der Waals surface area contributed by atoms with Crippen molar-refractivity contribution in [3.05, 3.63) is 0 Å². The zero-order chi connectivity index (χ0) is 14.8. The Balaban J connectivity index is 4.47. The summed E-state index contributed by atoms with van der Waals surface area (Å²) in [6.45, 7) is 6.00. The highest BCUT2D eigenvalue weighted by atomic mass is 33.1. The van der Waals surface area contributed by atoms with Gasteiger partial charge in [-0.1, -0.05) is 35.4 Å². The van der Waals surface area contributed by atoms with E-state index >= 15 is 0 Å². The minimum Gasteiger partial charge on any atom is -0.391 e. The molecule has 2 amide bonds. The number of nitrogens with one attached hydrogen (secondary N) is 2. The van der Waals surface area contributed by atoms with Crippen molar-refractivity contribution < 1.29 is 14.7 Å². The Morgan fingerprint density at radius 2 is 1.95 bits per heavy atom. The number of aliphatic hydroxyl groups is 1. The molecular weight excluding hydrogens is 286 g/mol. The Labute approximate surface area is 122 Å². The molecule has 0 fully saturated rings. The van der Waals surface area contributed by atoms with E-state index in [4.69, 9.17) is 5.73 Å². The molecule has 0 unspecified atom stereocenters. The van der Waals surface area contributed by atoms with Crippen LogP contribution in [0.5, 0.6) is 0 Å². The Hall–Kier alpha value is -0.440. The molecule has 0 aromatic heterocycles. The molecule has 0 radical (unpaired) electrons. The highest BCUT2D eigenvalue weighted by Crippen LogP contribution is 2.21. The molecule has 0 aliphatic rings. The van der Waals surface area contributed by atoms with E-state index < -0.39 is 24.1 Å². The average molecular weight is 309 g/mol. The lowest BCUT2D eigenvalue weighted by molar-refractivity contribution is -0.130. The molecule has 0 aliphatic heterocycles. The number of rotatable bonds is 10. The van der Waals surface area contributed by atoms with Crippen LogP contribution in [0.2, 0.25) is 0 Å². The quantitative estimate of drug-likeness (QED) is 0.327. The summed E-state index contributed by atoms with van der Waals surface area (Å²) >= 11 is 0. The number of hydrogen-bond donors (Lipinski definition) is 4. The van der Waals surface area contributed by atoms with E-state index in [9.17, 15) is 14.7 Å². The van der Waals surface area contributed by atoms with Crippen LogP contribution in [0.15, 0.2) is 0 Å². The Bertz CT molecular complexity index is 290. The van der Waals surface area contributed by atoms with Crippen molar-refractivity contribution in [1.82, 2.24) is 10.6 Å². The van der Waals surface area contributed by atoms with Crippen LogP contribution in [0.25, 0.3) is 0 Å². The van der Waals surface area contributed by atoms with Crippen LogP contribution in [0.3, 0.4) is 0 Å². The molecule has 5 N–H and O–H groups in total. The van der Waals surface area contributed by atoms with Gasteiger partial charge in [0.1, 0.15) is 6.04 Å². The van der Waals surface area contributed by atoms with Crippen molar-refractivity contribution in [3.8, 4) is 0 Å². The van der Waals surface area contributed by atoms with Gasteiger partial charge in [0, 0.05) is 11.5 Å². The molecule has 0 rings (SSSR count). The summed E-state index contributed by atoms with van der Waals surface area (Å²) in [5.74, 6) is 0.483. The second-order valence-corrected chi connectivity index (χ2v) is 6.73. The summed E-state index contributed by atoms with van der Waals surface area (Å²) in [5.41, 5.74) is 5.14. The number of hydrogen-bond acceptors (Lipinski definition) is 6. The van der Waals surface area contributed by atoms with Crippen molar-refractivity contribution in [2.75, 3.05) is 18.1 Å². The molecule has 0 aromatic rings. The summed E-state index contributed by atoms with van der Waals surface area (Å²) < 4.78 is 0. The molecule has 0 bridgehead atoms. The van der Waals surface area contributed by atoms with E-state index in [0.29, 0.717) is 12.3 Å². The standard InChI is InChI=1S/C11H23N3O3S2/c1-4-13-8(6-19-18-5-2)11(17)14-9(7(3)15)10(12)16/h7-9,13,15H,4-6H2,1-3H3,(H2,12,16)(H,14,17)/t7-,8+,9+/m1/s1. The second kappa shape index (κ2) is 10.4. The van der Waals surface area contributed by atoms with Crippen LogP contribution in [0.4, 0.5) is 0 Å². The first-order valence-electron chi connectivity index (χ1n) is 6.19. The minimum absolute atomic E-state index is 0.323. The molecule has 0 aliphatic carbocycles. The lowest BCUT2D eigenvalue weighted by Crippen LogP contribution is -2.56. The number of primary amides is 1. The molecule has 3 atom stereocenters. The molecule has 19 heavy (non-hydrogen) atoms. The largest absolute Gasteiger partial charge is 0.391 e. The van der Waals surface area contributed by atoms with Crippen LogP contribution in [-0.2, 0) is 9.59 Å². The van der Waals surface area contributed by atoms with Gasteiger partial charge in [-0.3, -0.25) is 9.59 Å². The van der Waals surface area contributed by atoms with E-state index in [2.05, 4.69) is 10.6 Å². The molecule has 0 saturated heterocycles. The summed E-state index contributed by atoms with van der Waals surface area (Å²) in [4.78, 5) is 23.2. The van der Waals surface area contributed by atoms with E-state index in [-0.39, 0.29) is 5.91 Å². The number of carbonyl (C=O) groups is 2. The van der Waals surface area contributed by atoms with Gasteiger partial charge in [-0.15, -0.1) is 0 Å². The molecule has 0 aromatic carbocycles. The number of carbonyl (C=O) groups excluding carboxylic acids is 2. The van der Waals surface area contributed by atoms with Crippen LogP contribution < -0.4 is 16.4 Å². The van der Waals surface area contributed by atoms with E-state index in [1.165, 1.54) is 6.92 Å². The zero-order valence-corrected chi connectivity index (χ0v) is 13.1. The van der Waals surface area contributed by atoms with E-state index in [0.717, 1.165) is 5.75 Å². The van der Waals surface area contributed by atoms with Crippen LogP contribution in [0, 0.1) is 0 Å². The average Bonchev–Trinajstić information content (AvgIpc) is 2.34. The second-order valence-electron chi connectivity index (χ2n) is 3.93. The summed E-state index contributed by atoms with van der Waals surface area (Å²) in [6.07, 6.45) is -1.01. The predicted molar refractivity (Wildman–Crippen MR) is 80.9 cm³/mol. The molecule has 0 heterocycles. The molecule has 0 spiro atoms. The molecule has 112 valence electrons. The molecular formula is C11H23N3O3S2. The maximum Gasteiger partial charge on any atom is 0.242 e. The fourth-order valence-corrected chi connectivity index (χ4v) is 3.22. The van der Waals surface area contributed by atoms with Crippen LogP contribution in [-0.4, -0.2) is 53.2 Å². The first-order valence-corrected chi connectivity index (χ1v) is 8.68. The topological polar surface area (TPSA) is 104 Å². The fourth-order valence-electron chi connectivity index (χ4n) is 1.36. The van der Waals surface area contributed by atoms with Gasteiger partial charge in [0.2, 0.25) is 11.8 Å². The Kier molecular flexibility index (Phi) is 10.1. The summed E-state index contributed by atoms with van der Waals surface area (Å²) in [7, 11) is 3.26. The van der Waals surface area contributed by atoms with E-state index in [1.807, 2.05) is 13.8 Å². The van der Waals surface area contributed by atoms with Crippen molar-refractivity contribution >= 4 is 33.4 Å². The van der Waals surface area contributed by atoms with Gasteiger partial charge in [-0.05, 0) is 13.5 Å². The lowest BCUT2D eigenvalue weighted by Gasteiger charge is -2.22. The van der Waals surface area contributed by atoms with E-state index in [1.54, 1.807) is 21.6 Å². The predicted octanol–water partition coefficient (Wildman–Crippen LogP) is -0.283. The fraction of sp³-hybridized carbons (Fsp3) is 0.818. The number of likely N-dealkylation sites (N-methyl/N-ethyl adjacent to an activating group) is 1. The van der Waals surface area contributed by atoms with Gasteiger partial charge in [0.25, 0.3) is 0 Å². The van der Waals surface area contributed by atoms with Crippen molar-refractivity contribution in [2.24, 2.45) is 5.73 Å². The smallest absolute Gasteiger partial charge is 0.242 e. The normalized spacial score (nSPS) is 15.6. The van der Waals surface area contributed by atoms with Crippen molar-refractivity contribution in [2.45, 2.75) is 39.0 Å². The minimum atomic E-state index is -1.06. The van der Waals surface area contributed by atoms with Gasteiger partial charge in [0.05, 0.1) is 12.1 Å². The highest BCUT2D eigenvalue weighted by Gasteiger charge is 2.26. The van der Waals surface area contributed by atoms with Gasteiger partial charge < -0.3 is 21.5 Å². The third-order valence-electron chi connectivity index (χ3n) is 2.29. The van der Waals surface area contributed by atoms with Gasteiger partial charge >= 0.3 is 0 Å². The van der Waals surface area contributed by atoms with Crippen molar-refractivity contribution in [3.63, 3.8) is 0 Å². The molecule has 8 heteroatoms. The van der Waals surface area contributed by atoms with Gasteiger partial charge in [-0.2, -0.15) is 0 Å². The molecule has 6 nitrogen and oxygen atoms in total. The maximum atomic E-state index is 12.0. The summed E-state index contributed by atoms with van der Waals surface area (Å²) in [5, 5.41) is 14.9.